The summed E-state index contributed by atoms with van der Waals surface area (Å²) in [5.41, 5.74) is 4.48. The topological polar surface area (TPSA) is 88.4 Å². The number of ether oxygens (including phenoxy) is 1. The number of aromatic nitrogens is 4. The van der Waals surface area contributed by atoms with Gasteiger partial charge in [0, 0.05) is 50.7 Å². The average molecular weight is 512 g/mol. The fourth-order valence-corrected chi connectivity index (χ4v) is 4.63. The smallest absolute Gasteiger partial charge is 0.317 e. The molecule has 0 unspecified atom stereocenters. The number of carbonyl (C=O) groups excluding carboxylic acids is 1. The Bertz CT molecular complexity index is 1360. The van der Waals surface area contributed by atoms with E-state index in [0.717, 1.165) is 43.0 Å². The number of hydrogen-bond donors (Lipinski definition) is 1. The maximum atomic E-state index is 12.9. The van der Waals surface area contributed by atoms with Gasteiger partial charge in [-0.15, -0.1) is 0 Å². The molecule has 0 aliphatic carbocycles. The molecule has 196 valence electrons. The number of nitrogens with one attached hydrogen (secondary N) is 1. The van der Waals surface area contributed by atoms with E-state index in [4.69, 9.17) is 4.74 Å². The third kappa shape index (κ3) is 6.11. The molecule has 4 aromatic rings. The zero-order chi connectivity index (χ0) is 26.3. The van der Waals surface area contributed by atoms with Gasteiger partial charge in [-0.1, -0.05) is 31.5 Å². The zero-order valence-electron chi connectivity index (χ0n) is 21.9. The number of nitrogens with zero attached hydrogens (tertiary/aromatic N) is 6. The quantitative estimate of drug-likeness (QED) is 0.367. The number of piperazine rings is 1. The Morgan fingerprint density at radius 3 is 2.61 bits per heavy atom. The van der Waals surface area contributed by atoms with Gasteiger partial charge in [0.25, 0.3) is 0 Å². The van der Waals surface area contributed by atoms with Crippen molar-refractivity contribution in [1.29, 1.82) is 0 Å². The van der Waals surface area contributed by atoms with Crippen LogP contribution in [0.25, 0.3) is 5.69 Å². The van der Waals surface area contributed by atoms with E-state index in [-0.39, 0.29) is 6.03 Å². The van der Waals surface area contributed by atoms with Crippen LogP contribution in [0.2, 0.25) is 0 Å². The molecular weight excluding hydrogens is 478 g/mol. The van der Waals surface area contributed by atoms with Gasteiger partial charge < -0.3 is 19.9 Å². The van der Waals surface area contributed by atoms with Crippen LogP contribution in [-0.2, 0) is 13.0 Å². The third-order valence-corrected chi connectivity index (χ3v) is 6.57. The number of anilines is 1. The number of urea groups is 1. The van der Waals surface area contributed by atoms with Crippen molar-refractivity contribution < 1.29 is 9.53 Å². The first kappa shape index (κ1) is 25.3. The molecule has 1 saturated heterocycles. The molecule has 1 aliphatic rings. The van der Waals surface area contributed by atoms with E-state index >= 15 is 0 Å². The number of benzene rings is 2. The Balaban J connectivity index is 1.15. The molecule has 0 saturated carbocycles. The van der Waals surface area contributed by atoms with E-state index in [0.29, 0.717) is 31.3 Å². The molecule has 9 nitrogen and oxygen atoms in total. The molecule has 5 rings (SSSR count). The number of amides is 2. The van der Waals surface area contributed by atoms with Crippen molar-refractivity contribution in [3.63, 3.8) is 0 Å². The van der Waals surface area contributed by atoms with Crippen LogP contribution in [0.3, 0.4) is 0 Å². The minimum Gasteiger partial charge on any atom is -0.439 e. The summed E-state index contributed by atoms with van der Waals surface area (Å²) in [4.78, 5) is 25.6. The molecule has 0 spiro atoms. The van der Waals surface area contributed by atoms with Crippen LogP contribution in [0.5, 0.6) is 11.6 Å². The summed E-state index contributed by atoms with van der Waals surface area (Å²) in [6.45, 7) is 7.42. The first-order chi connectivity index (χ1) is 18.6. The molecule has 2 amide bonds. The van der Waals surface area contributed by atoms with Gasteiger partial charge in [-0.2, -0.15) is 5.10 Å². The van der Waals surface area contributed by atoms with Crippen molar-refractivity contribution in [3.05, 3.63) is 90.1 Å². The monoisotopic (exact) mass is 511 g/mol. The molecule has 9 heteroatoms. The number of rotatable bonds is 8. The minimum absolute atomic E-state index is 0.0516. The Kier molecular flexibility index (Phi) is 7.82. The molecule has 1 N–H and O–H groups in total. The van der Waals surface area contributed by atoms with E-state index in [1.165, 1.54) is 11.3 Å². The highest BCUT2D eigenvalue weighted by molar-refractivity contribution is 5.74. The lowest BCUT2D eigenvalue weighted by molar-refractivity contribution is 0.194. The van der Waals surface area contributed by atoms with Crippen molar-refractivity contribution in [2.24, 2.45) is 0 Å². The molecule has 1 aliphatic heterocycles. The second-order valence-electron chi connectivity index (χ2n) is 9.35. The molecular formula is C29H33N7O2. The lowest BCUT2D eigenvalue weighted by Gasteiger charge is -2.36. The third-order valence-electron chi connectivity index (χ3n) is 6.57. The van der Waals surface area contributed by atoms with E-state index in [2.05, 4.69) is 50.4 Å². The van der Waals surface area contributed by atoms with Gasteiger partial charge in [0.2, 0.25) is 5.88 Å². The Morgan fingerprint density at radius 2 is 1.87 bits per heavy atom. The van der Waals surface area contributed by atoms with Gasteiger partial charge in [0.05, 0.1) is 5.69 Å². The van der Waals surface area contributed by atoms with Crippen LogP contribution in [0.4, 0.5) is 10.5 Å². The van der Waals surface area contributed by atoms with Gasteiger partial charge in [-0.3, -0.25) is 0 Å². The molecule has 3 heterocycles. The summed E-state index contributed by atoms with van der Waals surface area (Å²) in [5, 5.41) is 7.54. The molecule has 0 radical (unpaired) electrons. The number of carbonyl (C=O) groups is 1. The van der Waals surface area contributed by atoms with Crippen molar-refractivity contribution in [2.75, 3.05) is 31.1 Å². The van der Waals surface area contributed by atoms with Gasteiger partial charge in [0.1, 0.15) is 17.9 Å². The standard InChI is InChI=1S/C29H33N7O2/c1-3-7-24-19-25(11-12-27(24)36-21-32-22(2)33-36)34-14-16-35(17-15-34)29(37)31-20-23-8-6-9-26(18-23)38-28-10-4-5-13-30-28/h4-6,8-13,18-19,21H,3,7,14-17,20H2,1-2H3,(H,31,37). The van der Waals surface area contributed by atoms with E-state index in [9.17, 15) is 4.79 Å². The molecule has 2 aromatic heterocycles. The predicted octanol–water partition coefficient (Wildman–Crippen LogP) is 4.75. The van der Waals surface area contributed by atoms with Crippen LogP contribution in [0.1, 0.15) is 30.3 Å². The van der Waals surface area contributed by atoms with Crippen LogP contribution in [0, 0.1) is 6.92 Å². The van der Waals surface area contributed by atoms with Gasteiger partial charge in [-0.25, -0.2) is 19.4 Å². The van der Waals surface area contributed by atoms with Crippen LogP contribution in [0.15, 0.2) is 73.2 Å². The van der Waals surface area contributed by atoms with Crippen molar-refractivity contribution in [1.82, 2.24) is 30.0 Å². The fourth-order valence-electron chi connectivity index (χ4n) is 4.63. The van der Waals surface area contributed by atoms with E-state index in [1.807, 2.05) is 59.0 Å². The lowest BCUT2D eigenvalue weighted by Crippen LogP contribution is -2.51. The highest BCUT2D eigenvalue weighted by atomic mass is 16.5. The number of pyridine rings is 1. The first-order valence-corrected chi connectivity index (χ1v) is 13.1. The SMILES string of the molecule is CCCc1cc(N2CCN(C(=O)NCc3cccc(Oc4ccccn4)c3)CC2)ccc1-n1cnc(C)n1. The second kappa shape index (κ2) is 11.8. The summed E-state index contributed by atoms with van der Waals surface area (Å²) < 4.78 is 7.66. The molecule has 2 aromatic carbocycles. The summed E-state index contributed by atoms with van der Waals surface area (Å²) in [6, 6.07) is 19.7. The van der Waals surface area contributed by atoms with Crippen LogP contribution < -0.4 is 15.0 Å². The predicted molar refractivity (Wildman–Crippen MR) is 147 cm³/mol. The second-order valence-corrected chi connectivity index (χ2v) is 9.35. The molecule has 1 fully saturated rings. The fraction of sp³-hybridized carbons (Fsp3) is 0.310. The largest absolute Gasteiger partial charge is 0.439 e. The maximum absolute atomic E-state index is 12.9. The summed E-state index contributed by atoms with van der Waals surface area (Å²) in [6.07, 6.45) is 5.48. The molecule has 0 atom stereocenters. The maximum Gasteiger partial charge on any atom is 0.317 e. The lowest BCUT2D eigenvalue weighted by atomic mass is 10.1. The summed E-state index contributed by atoms with van der Waals surface area (Å²) in [7, 11) is 0. The van der Waals surface area contributed by atoms with Gasteiger partial charge >= 0.3 is 6.03 Å². The first-order valence-electron chi connectivity index (χ1n) is 13.1. The Hall–Kier alpha value is -4.40. The van der Waals surface area contributed by atoms with Crippen molar-refractivity contribution >= 4 is 11.7 Å². The van der Waals surface area contributed by atoms with Gasteiger partial charge in [-0.05, 0) is 60.9 Å². The highest BCUT2D eigenvalue weighted by Gasteiger charge is 2.22. The summed E-state index contributed by atoms with van der Waals surface area (Å²) in [5.74, 6) is 1.99. The Morgan fingerprint density at radius 1 is 1.00 bits per heavy atom. The zero-order valence-corrected chi connectivity index (χ0v) is 21.9. The normalized spacial score (nSPS) is 13.4. The van der Waals surface area contributed by atoms with E-state index in [1.54, 1.807) is 12.5 Å². The highest BCUT2D eigenvalue weighted by Crippen LogP contribution is 2.25. The summed E-state index contributed by atoms with van der Waals surface area (Å²) >= 11 is 0. The number of aryl methyl sites for hydroxylation is 2. The van der Waals surface area contributed by atoms with Crippen LogP contribution in [-0.4, -0.2) is 56.9 Å². The number of hydrogen-bond acceptors (Lipinski definition) is 6. The van der Waals surface area contributed by atoms with Crippen molar-refractivity contribution in [2.45, 2.75) is 33.2 Å². The average Bonchev–Trinajstić information content (AvgIpc) is 3.38. The molecule has 38 heavy (non-hydrogen) atoms. The van der Waals surface area contributed by atoms with Crippen LogP contribution >= 0.6 is 0 Å². The molecule has 0 bridgehead atoms. The Labute approximate surface area is 223 Å². The minimum atomic E-state index is -0.0516. The van der Waals surface area contributed by atoms with Crippen molar-refractivity contribution in [3.8, 4) is 17.3 Å². The van der Waals surface area contributed by atoms with E-state index < -0.39 is 0 Å². The van der Waals surface area contributed by atoms with Gasteiger partial charge in [0.15, 0.2) is 0 Å².